The van der Waals surface area contributed by atoms with Gasteiger partial charge in [0.1, 0.15) is 11.3 Å². The summed E-state index contributed by atoms with van der Waals surface area (Å²) in [5.41, 5.74) is -0.349. The Morgan fingerprint density at radius 2 is 1.67 bits per heavy atom. The average molecular weight is 372 g/mol. The van der Waals surface area contributed by atoms with Crippen molar-refractivity contribution in [2.75, 3.05) is 6.61 Å². The quantitative estimate of drug-likeness (QED) is 0.770. The van der Waals surface area contributed by atoms with Gasteiger partial charge in [0.2, 0.25) is 0 Å². The van der Waals surface area contributed by atoms with Crippen molar-refractivity contribution in [1.82, 2.24) is 0 Å². The van der Waals surface area contributed by atoms with Crippen LogP contribution in [0.25, 0.3) is 0 Å². The van der Waals surface area contributed by atoms with Gasteiger partial charge < -0.3 is 24.4 Å². The molecule has 3 rings (SSSR count). The Bertz CT molecular complexity index is 948. The molecule has 2 N–H and O–H groups in total. The van der Waals surface area contributed by atoms with Crippen molar-refractivity contribution in [1.29, 1.82) is 0 Å². The van der Waals surface area contributed by atoms with E-state index < -0.39 is 36.8 Å². The standard InChI is InChI=1S/C18H12O9/c19-15(20)9-4-5-12(16(21)22)13(7-9)26-14-8-25-17(23)10-2-1-3-11(6-10)18(24)27-14/h1-7,14H,8H2,(H,19,20)(H,21,22). The van der Waals surface area contributed by atoms with E-state index >= 15 is 0 Å². The number of carboxylic acids is 2. The van der Waals surface area contributed by atoms with E-state index in [0.29, 0.717) is 0 Å². The van der Waals surface area contributed by atoms with Gasteiger partial charge in [-0.05, 0) is 36.4 Å². The molecule has 138 valence electrons. The Morgan fingerprint density at radius 3 is 2.33 bits per heavy atom. The Kier molecular flexibility index (Phi) is 4.75. The second kappa shape index (κ2) is 7.16. The van der Waals surface area contributed by atoms with E-state index in [1.807, 2.05) is 0 Å². The fraction of sp³-hybridized carbons (Fsp3) is 0.111. The first-order valence-corrected chi connectivity index (χ1v) is 7.60. The maximum atomic E-state index is 12.2. The second-order valence-electron chi connectivity index (χ2n) is 5.45. The van der Waals surface area contributed by atoms with Crippen LogP contribution in [0.1, 0.15) is 41.4 Å². The third kappa shape index (κ3) is 3.87. The largest absolute Gasteiger partial charge is 0.478 e. The van der Waals surface area contributed by atoms with Gasteiger partial charge in [0.25, 0.3) is 6.29 Å². The van der Waals surface area contributed by atoms with Crippen molar-refractivity contribution in [2.45, 2.75) is 6.29 Å². The van der Waals surface area contributed by atoms with Gasteiger partial charge in [0.15, 0.2) is 6.61 Å². The van der Waals surface area contributed by atoms with Crippen LogP contribution in [0.15, 0.2) is 42.5 Å². The molecule has 1 unspecified atom stereocenters. The fourth-order valence-corrected chi connectivity index (χ4v) is 2.35. The van der Waals surface area contributed by atoms with Crippen molar-refractivity contribution >= 4 is 23.9 Å². The summed E-state index contributed by atoms with van der Waals surface area (Å²) in [5.74, 6) is -4.55. The molecule has 27 heavy (non-hydrogen) atoms. The molecule has 0 radical (unpaired) electrons. The van der Waals surface area contributed by atoms with E-state index in [-0.39, 0.29) is 28.0 Å². The number of aromatic carboxylic acids is 2. The summed E-state index contributed by atoms with van der Waals surface area (Å²) in [7, 11) is 0. The molecule has 0 spiro atoms. The van der Waals surface area contributed by atoms with Gasteiger partial charge in [0, 0.05) is 0 Å². The number of hydrogen-bond donors (Lipinski definition) is 2. The van der Waals surface area contributed by atoms with E-state index in [1.54, 1.807) is 0 Å². The van der Waals surface area contributed by atoms with E-state index in [4.69, 9.17) is 19.3 Å². The van der Waals surface area contributed by atoms with Crippen molar-refractivity contribution in [3.8, 4) is 5.75 Å². The monoisotopic (exact) mass is 372 g/mol. The zero-order valence-corrected chi connectivity index (χ0v) is 13.6. The summed E-state index contributed by atoms with van der Waals surface area (Å²) in [4.78, 5) is 46.7. The highest BCUT2D eigenvalue weighted by Gasteiger charge is 2.26. The minimum absolute atomic E-state index is 0.0812. The van der Waals surface area contributed by atoms with Crippen LogP contribution >= 0.6 is 0 Å². The number of rotatable bonds is 4. The number of cyclic esters (lactones) is 2. The minimum Gasteiger partial charge on any atom is -0.478 e. The smallest absolute Gasteiger partial charge is 0.341 e. The third-order valence-electron chi connectivity index (χ3n) is 3.64. The SMILES string of the molecule is O=C(O)c1ccc(C(=O)O)c(OC2COC(=O)c3cccc(c3)C(=O)O2)c1. The molecule has 2 aromatic rings. The maximum absolute atomic E-state index is 12.2. The van der Waals surface area contributed by atoms with Crippen LogP contribution in [0, 0.1) is 0 Å². The summed E-state index contributed by atoms with van der Waals surface area (Å²) in [5, 5.41) is 18.3. The van der Waals surface area contributed by atoms with Crippen LogP contribution in [0.5, 0.6) is 5.75 Å². The van der Waals surface area contributed by atoms with Gasteiger partial charge in [-0.1, -0.05) is 6.07 Å². The number of carboxylic acid groups (broad SMARTS) is 2. The minimum atomic E-state index is -1.47. The van der Waals surface area contributed by atoms with Crippen LogP contribution in [0.3, 0.4) is 0 Å². The molecule has 0 aromatic heterocycles. The molecular weight excluding hydrogens is 360 g/mol. The van der Waals surface area contributed by atoms with Crippen LogP contribution < -0.4 is 4.74 Å². The molecule has 9 heteroatoms. The Labute approximate surface area is 151 Å². The molecule has 2 bridgehead atoms. The van der Waals surface area contributed by atoms with E-state index in [0.717, 1.165) is 18.2 Å². The van der Waals surface area contributed by atoms with Gasteiger partial charge in [-0.3, -0.25) is 0 Å². The topological polar surface area (TPSA) is 136 Å². The molecule has 0 saturated carbocycles. The number of fused-ring (bicyclic) bond motifs is 2. The zero-order valence-electron chi connectivity index (χ0n) is 13.6. The summed E-state index contributed by atoms with van der Waals surface area (Å²) in [6.07, 6.45) is -1.47. The van der Waals surface area contributed by atoms with Crippen molar-refractivity contribution in [3.63, 3.8) is 0 Å². The van der Waals surface area contributed by atoms with Crippen LogP contribution in [-0.4, -0.2) is 47.0 Å². The summed E-state index contributed by atoms with van der Waals surface area (Å²) >= 11 is 0. The average Bonchev–Trinajstić information content (AvgIpc) is 2.68. The molecule has 1 atom stereocenters. The highest BCUT2D eigenvalue weighted by atomic mass is 16.7. The van der Waals surface area contributed by atoms with Crippen LogP contribution in [0.4, 0.5) is 0 Å². The van der Waals surface area contributed by atoms with E-state index in [9.17, 15) is 24.3 Å². The Hall–Kier alpha value is -3.88. The lowest BCUT2D eigenvalue weighted by Gasteiger charge is -2.19. The maximum Gasteiger partial charge on any atom is 0.341 e. The zero-order chi connectivity index (χ0) is 19.6. The number of carbonyl (C=O) groups excluding carboxylic acids is 2. The molecule has 0 aliphatic carbocycles. The van der Waals surface area contributed by atoms with Gasteiger partial charge >= 0.3 is 23.9 Å². The van der Waals surface area contributed by atoms with Crippen LogP contribution in [-0.2, 0) is 9.47 Å². The van der Waals surface area contributed by atoms with Gasteiger partial charge in [-0.2, -0.15) is 0 Å². The lowest BCUT2D eigenvalue weighted by Crippen LogP contribution is -2.30. The van der Waals surface area contributed by atoms with Gasteiger partial charge in [-0.15, -0.1) is 0 Å². The number of esters is 2. The Morgan fingerprint density at radius 1 is 0.963 bits per heavy atom. The van der Waals surface area contributed by atoms with Crippen molar-refractivity contribution < 1.29 is 43.6 Å². The van der Waals surface area contributed by atoms with Crippen LogP contribution in [0.2, 0.25) is 0 Å². The molecule has 2 aromatic carbocycles. The molecule has 0 fully saturated rings. The number of hydrogen-bond acceptors (Lipinski definition) is 7. The third-order valence-corrected chi connectivity index (χ3v) is 3.64. The molecule has 1 aliphatic rings. The highest BCUT2D eigenvalue weighted by molar-refractivity contribution is 5.96. The lowest BCUT2D eigenvalue weighted by atomic mass is 10.1. The highest BCUT2D eigenvalue weighted by Crippen LogP contribution is 2.24. The lowest BCUT2D eigenvalue weighted by molar-refractivity contribution is -0.0794. The normalized spacial score (nSPS) is 16.2. The van der Waals surface area contributed by atoms with E-state index in [2.05, 4.69) is 0 Å². The molecule has 0 amide bonds. The molecule has 0 saturated heterocycles. The first-order chi connectivity index (χ1) is 12.8. The predicted molar refractivity (Wildman–Crippen MR) is 86.9 cm³/mol. The number of ether oxygens (including phenoxy) is 3. The molecule has 1 aliphatic heterocycles. The second-order valence-corrected chi connectivity index (χ2v) is 5.45. The predicted octanol–water partition coefficient (Wildman–Crippen LogP) is 1.82. The molecule has 9 nitrogen and oxygen atoms in total. The summed E-state index contributed by atoms with van der Waals surface area (Å²) in [6.45, 7) is -0.514. The van der Waals surface area contributed by atoms with Gasteiger partial charge in [-0.25, -0.2) is 19.2 Å². The first-order valence-electron chi connectivity index (χ1n) is 7.60. The fourth-order valence-electron chi connectivity index (χ4n) is 2.35. The summed E-state index contributed by atoms with van der Waals surface area (Å²) < 4.78 is 15.5. The molecular formula is C18H12O9. The van der Waals surface area contributed by atoms with Gasteiger partial charge in [0.05, 0.1) is 16.7 Å². The van der Waals surface area contributed by atoms with Crippen molar-refractivity contribution in [3.05, 3.63) is 64.7 Å². The van der Waals surface area contributed by atoms with Crippen molar-refractivity contribution in [2.24, 2.45) is 0 Å². The number of benzene rings is 2. The first kappa shape index (κ1) is 17.9. The van der Waals surface area contributed by atoms with E-state index in [1.165, 1.54) is 24.3 Å². The number of carbonyl (C=O) groups is 4. The Balaban J connectivity index is 1.92. The molecule has 1 heterocycles. The summed E-state index contributed by atoms with van der Waals surface area (Å²) in [6, 6.07) is 8.78.